The van der Waals surface area contributed by atoms with Crippen LogP contribution in [0.25, 0.3) is 0 Å². The lowest BCUT2D eigenvalue weighted by Crippen LogP contribution is -1.84. The summed E-state index contributed by atoms with van der Waals surface area (Å²) in [5.41, 5.74) is 1.87. The Labute approximate surface area is 55.4 Å². The average Bonchev–Trinajstić information content (AvgIpc) is 2.44. The van der Waals surface area contributed by atoms with Gasteiger partial charge in [-0.1, -0.05) is 6.08 Å². The van der Waals surface area contributed by atoms with Crippen molar-refractivity contribution in [1.82, 2.24) is 0 Å². The highest BCUT2D eigenvalue weighted by Crippen LogP contribution is 2.55. The lowest BCUT2D eigenvalue weighted by molar-refractivity contribution is 0.328. The van der Waals surface area contributed by atoms with Crippen molar-refractivity contribution in [3.8, 4) is 0 Å². The van der Waals surface area contributed by atoms with Gasteiger partial charge in [-0.3, -0.25) is 0 Å². The number of aliphatic hydroxyl groups excluding tert-OH is 1. The maximum atomic E-state index is 8.76. The minimum atomic E-state index is 0.293. The van der Waals surface area contributed by atoms with Crippen molar-refractivity contribution in [2.45, 2.75) is 25.7 Å². The van der Waals surface area contributed by atoms with Crippen molar-refractivity contribution in [2.24, 2.45) is 5.41 Å². The molecule has 2 aliphatic carbocycles. The van der Waals surface area contributed by atoms with Crippen LogP contribution in [0.3, 0.4) is 0 Å². The smallest absolute Gasteiger partial charge is 0.0641 e. The molecule has 1 heteroatoms. The maximum absolute atomic E-state index is 8.76. The zero-order chi connectivity index (χ0) is 6.32. The largest absolute Gasteiger partial charge is 0.392 e. The summed E-state index contributed by atoms with van der Waals surface area (Å²) < 4.78 is 0. The van der Waals surface area contributed by atoms with Gasteiger partial charge in [-0.05, 0) is 36.7 Å². The molecular formula is C8H12O. The van der Waals surface area contributed by atoms with Crippen LogP contribution in [0.5, 0.6) is 0 Å². The summed E-state index contributed by atoms with van der Waals surface area (Å²) in [6, 6.07) is 0. The molecular weight excluding hydrogens is 112 g/mol. The average molecular weight is 124 g/mol. The summed E-state index contributed by atoms with van der Waals surface area (Å²) in [5.74, 6) is 0. The fraction of sp³-hybridized carbons (Fsp3) is 0.750. The van der Waals surface area contributed by atoms with Crippen LogP contribution >= 0.6 is 0 Å². The fourth-order valence-electron chi connectivity index (χ4n) is 1.67. The molecule has 0 aromatic carbocycles. The Morgan fingerprint density at radius 1 is 1.44 bits per heavy atom. The quantitative estimate of drug-likeness (QED) is 0.525. The zero-order valence-corrected chi connectivity index (χ0v) is 5.56. The number of hydrogen-bond acceptors (Lipinski definition) is 1. The number of hydrogen-bond donors (Lipinski definition) is 1. The molecule has 2 aliphatic rings. The highest BCUT2D eigenvalue weighted by Gasteiger charge is 2.43. The SMILES string of the molecule is OCC1=CC2(CC1)CC2. The molecule has 0 atom stereocenters. The van der Waals surface area contributed by atoms with E-state index in [1.807, 2.05) is 0 Å². The third kappa shape index (κ3) is 0.799. The molecule has 0 saturated heterocycles. The van der Waals surface area contributed by atoms with Crippen LogP contribution in [0.4, 0.5) is 0 Å². The van der Waals surface area contributed by atoms with Crippen molar-refractivity contribution in [3.63, 3.8) is 0 Å². The second kappa shape index (κ2) is 1.60. The van der Waals surface area contributed by atoms with E-state index in [-0.39, 0.29) is 0 Å². The first-order valence-electron chi connectivity index (χ1n) is 3.66. The van der Waals surface area contributed by atoms with Crippen LogP contribution in [-0.4, -0.2) is 11.7 Å². The van der Waals surface area contributed by atoms with Crippen LogP contribution in [0.1, 0.15) is 25.7 Å². The highest BCUT2D eigenvalue weighted by molar-refractivity contribution is 5.22. The first-order chi connectivity index (χ1) is 4.35. The predicted molar refractivity (Wildman–Crippen MR) is 36.1 cm³/mol. The predicted octanol–water partition coefficient (Wildman–Crippen LogP) is 1.48. The Kier molecular flexibility index (Phi) is 0.974. The molecule has 0 bridgehead atoms. The summed E-state index contributed by atoms with van der Waals surface area (Å²) in [6.45, 7) is 0.293. The van der Waals surface area contributed by atoms with E-state index in [1.165, 1.54) is 24.8 Å². The Morgan fingerprint density at radius 3 is 2.56 bits per heavy atom. The molecule has 0 amide bonds. The molecule has 9 heavy (non-hydrogen) atoms. The van der Waals surface area contributed by atoms with Crippen molar-refractivity contribution in [1.29, 1.82) is 0 Å². The summed E-state index contributed by atoms with van der Waals surface area (Å²) in [6.07, 6.45) is 7.50. The van der Waals surface area contributed by atoms with Gasteiger partial charge in [-0.2, -0.15) is 0 Å². The molecule has 1 spiro atoms. The molecule has 50 valence electrons. The normalized spacial score (nSPS) is 28.8. The van der Waals surface area contributed by atoms with Gasteiger partial charge in [-0.15, -0.1) is 0 Å². The van der Waals surface area contributed by atoms with E-state index in [2.05, 4.69) is 6.08 Å². The summed E-state index contributed by atoms with van der Waals surface area (Å²) in [5, 5.41) is 8.76. The van der Waals surface area contributed by atoms with Crippen LogP contribution in [0, 0.1) is 5.41 Å². The van der Waals surface area contributed by atoms with Crippen LogP contribution < -0.4 is 0 Å². The summed E-state index contributed by atoms with van der Waals surface area (Å²) in [4.78, 5) is 0. The Balaban J connectivity index is 2.11. The second-order valence-electron chi connectivity index (χ2n) is 3.32. The van der Waals surface area contributed by atoms with Gasteiger partial charge in [0, 0.05) is 0 Å². The molecule has 0 aromatic rings. The van der Waals surface area contributed by atoms with Gasteiger partial charge in [-0.25, -0.2) is 0 Å². The van der Waals surface area contributed by atoms with Gasteiger partial charge >= 0.3 is 0 Å². The van der Waals surface area contributed by atoms with Gasteiger partial charge in [0.05, 0.1) is 6.61 Å². The van der Waals surface area contributed by atoms with E-state index in [4.69, 9.17) is 5.11 Å². The van der Waals surface area contributed by atoms with E-state index < -0.39 is 0 Å². The van der Waals surface area contributed by atoms with Gasteiger partial charge in [0.15, 0.2) is 0 Å². The van der Waals surface area contributed by atoms with Gasteiger partial charge < -0.3 is 5.11 Å². The second-order valence-corrected chi connectivity index (χ2v) is 3.32. The van der Waals surface area contributed by atoms with Crippen molar-refractivity contribution < 1.29 is 5.11 Å². The van der Waals surface area contributed by atoms with E-state index >= 15 is 0 Å². The molecule has 0 heterocycles. The third-order valence-electron chi connectivity index (χ3n) is 2.55. The van der Waals surface area contributed by atoms with E-state index in [0.717, 1.165) is 6.42 Å². The molecule has 1 nitrogen and oxygen atoms in total. The molecule has 1 N–H and O–H groups in total. The van der Waals surface area contributed by atoms with Crippen LogP contribution in [0.15, 0.2) is 11.6 Å². The molecule has 0 aliphatic heterocycles. The van der Waals surface area contributed by atoms with Crippen LogP contribution in [0.2, 0.25) is 0 Å². The third-order valence-corrected chi connectivity index (χ3v) is 2.55. The summed E-state index contributed by atoms with van der Waals surface area (Å²) in [7, 11) is 0. The molecule has 0 aromatic heterocycles. The minimum Gasteiger partial charge on any atom is -0.392 e. The van der Waals surface area contributed by atoms with Crippen molar-refractivity contribution in [3.05, 3.63) is 11.6 Å². The van der Waals surface area contributed by atoms with E-state index in [1.54, 1.807) is 0 Å². The Bertz CT molecular complexity index is 154. The standard InChI is InChI=1S/C8H12O/c9-6-7-1-2-8(5-7)3-4-8/h5,9H,1-4,6H2. The molecule has 1 fully saturated rings. The minimum absolute atomic E-state index is 0.293. The molecule has 2 rings (SSSR count). The Hall–Kier alpha value is -0.300. The first-order valence-corrected chi connectivity index (χ1v) is 3.66. The number of aliphatic hydroxyl groups is 1. The van der Waals surface area contributed by atoms with Gasteiger partial charge in [0.2, 0.25) is 0 Å². The monoisotopic (exact) mass is 124 g/mol. The fourth-order valence-corrected chi connectivity index (χ4v) is 1.67. The van der Waals surface area contributed by atoms with Gasteiger partial charge in [0.1, 0.15) is 0 Å². The maximum Gasteiger partial charge on any atom is 0.0641 e. The molecule has 1 saturated carbocycles. The number of allylic oxidation sites excluding steroid dienone is 1. The Morgan fingerprint density at radius 2 is 2.22 bits per heavy atom. The zero-order valence-electron chi connectivity index (χ0n) is 5.56. The number of rotatable bonds is 1. The van der Waals surface area contributed by atoms with Crippen molar-refractivity contribution in [2.75, 3.05) is 6.61 Å². The topological polar surface area (TPSA) is 20.2 Å². The lowest BCUT2D eigenvalue weighted by atomic mass is 10.1. The first kappa shape index (κ1) is 5.48. The van der Waals surface area contributed by atoms with E-state index in [9.17, 15) is 0 Å². The molecule has 0 unspecified atom stereocenters. The summed E-state index contributed by atoms with van der Waals surface area (Å²) >= 11 is 0. The van der Waals surface area contributed by atoms with E-state index in [0.29, 0.717) is 12.0 Å². The highest BCUT2D eigenvalue weighted by atomic mass is 16.3. The lowest BCUT2D eigenvalue weighted by Gasteiger charge is -1.95. The van der Waals surface area contributed by atoms with Crippen molar-refractivity contribution >= 4 is 0 Å². The van der Waals surface area contributed by atoms with Gasteiger partial charge in [0.25, 0.3) is 0 Å². The van der Waals surface area contributed by atoms with Crippen LogP contribution in [-0.2, 0) is 0 Å². The molecule has 0 radical (unpaired) electrons.